The van der Waals surface area contributed by atoms with Gasteiger partial charge in [0.2, 0.25) is 0 Å². The lowest BCUT2D eigenvalue weighted by Crippen LogP contribution is -2.37. The van der Waals surface area contributed by atoms with Gasteiger partial charge in [-0.3, -0.25) is 9.88 Å². The summed E-state index contributed by atoms with van der Waals surface area (Å²) < 4.78 is 0. The van der Waals surface area contributed by atoms with Crippen LogP contribution in [0.4, 0.5) is 0 Å². The van der Waals surface area contributed by atoms with Crippen LogP contribution in [-0.4, -0.2) is 36.1 Å². The first-order valence-electron chi connectivity index (χ1n) is 7.13. The molecule has 1 aliphatic rings. The van der Waals surface area contributed by atoms with Crippen LogP contribution >= 0.6 is 0 Å². The summed E-state index contributed by atoms with van der Waals surface area (Å²) >= 11 is 0. The second-order valence-corrected chi connectivity index (χ2v) is 5.23. The van der Waals surface area contributed by atoms with Gasteiger partial charge < -0.3 is 5.32 Å². The van der Waals surface area contributed by atoms with Gasteiger partial charge >= 0.3 is 0 Å². The van der Waals surface area contributed by atoms with Crippen molar-refractivity contribution in [1.82, 2.24) is 15.2 Å². The molecule has 0 amide bonds. The van der Waals surface area contributed by atoms with Gasteiger partial charge in [-0.2, -0.15) is 0 Å². The molecule has 3 nitrogen and oxygen atoms in total. The van der Waals surface area contributed by atoms with Gasteiger partial charge in [-0.05, 0) is 44.5 Å². The summed E-state index contributed by atoms with van der Waals surface area (Å²) in [4.78, 5) is 6.94. The molecule has 1 aromatic rings. The van der Waals surface area contributed by atoms with E-state index in [1.807, 2.05) is 12.3 Å². The Labute approximate surface area is 111 Å². The van der Waals surface area contributed by atoms with Crippen LogP contribution in [0.1, 0.15) is 31.9 Å². The third kappa shape index (κ3) is 3.53. The Morgan fingerprint density at radius 3 is 2.94 bits per heavy atom. The zero-order valence-corrected chi connectivity index (χ0v) is 11.6. The molecular weight excluding hydrogens is 222 g/mol. The normalized spacial score (nSPS) is 23.7. The second kappa shape index (κ2) is 6.86. The van der Waals surface area contributed by atoms with Gasteiger partial charge in [0, 0.05) is 25.3 Å². The molecule has 1 aromatic heterocycles. The van der Waals surface area contributed by atoms with E-state index in [0.29, 0.717) is 6.04 Å². The molecule has 0 radical (unpaired) electrons. The highest BCUT2D eigenvalue weighted by molar-refractivity contribution is 5.03. The minimum Gasteiger partial charge on any atom is -0.317 e. The van der Waals surface area contributed by atoms with E-state index < -0.39 is 0 Å². The fourth-order valence-corrected chi connectivity index (χ4v) is 2.99. The summed E-state index contributed by atoms with van der Waals surface area (Å²) in [5.74, 6) is 0.804. The molecule has 100 valence electrons. The molecule has 18 heavy (non-hydrogen) atoms. The molecule has 1 N–H and O–H groups in total. The number of hydrogen-bond acceptors (Lipinski definition) is 3. The largest absolute Gasteiger partial charge is 0.317 e. The molecule has 2 unspecified atom stereocenters. The number of rotatable bonds is 6. The van der Waals surface area contributed by atoms with Crippen molar-refractivity contribution >= 4 is 0 Å². The van der Waals surface area contributed by atoms with Gasteiger partial charge in [-0.15, -0.1) is 0 Å². The van der Waals surface area contributed by atoms with E-state index in [1.165, 1.54) is 31.5 Å². The fourth-order valence-electron chi connectivity index (χ4n) is 2.99. The van der Waals surface area contributed by atoms with Crippen LogP contribution in [0.25, 0.3) is 0 Å². The van der Waals surface area contributed by atoms with E-state index >= 15 is 0 Å². The monoisotopic (exact) mass is 247 g/mol. The van der Waals surface area contributed by atoms with E-state index in [2.05, 4.69) is 41.3 Å². The highest BCUT2D eigenvalue weighted by atomic mass is 15.1. The topological polar surface area (TPSA) is 28.2 Å². The maximum Gasteiger partial charge on any atom is 0.0543 e. The average molecular weight is 247 g/mol. The van der Waals surface area contributed by atoms with Crippen molar-refractivity contribution in [2.45, 2.75) is 38.8 Å². The zero-order valence-electron chi connectivity index (χ0n) is 11.6. The van der Waals surface area contributed by atoms with Gasteiger partial charge in [0.1, 0.15) is 0 Å². The molecular formula is C15H25N3. The Bertz CT molecular complexity index is 339. The molecule has 0 saturated heterocycles. The van der Waals surface area contributed by atoms with Crippen molar-refractivity contribution in [1.29, 1.82) is 0 Å². The Morgan fingerprint density at radius 2 is 2.28 bits per heavy atom. The molecule has 2 rings (SSSR count). The van der Waals surface area contributed by atoms with Gasteiger partial charge in [0.05, 0.1) is 5.69 Å². The minimum absolute atomic E-state index is 0.711. The number of aromatic nitrogens is 1. The third-order valence-electron chi connectivity index (χ3n) is 4.08. The molecule has 0 aliphatic heterocycles. The summed E-state index contributed by atoms with van der Waals surface area (Å²) in [7, 11) is 2.10. The highest BCUT2D eigenvalue weighted by Crippen LogP contribution is 2.26. The van der Waals surface area contributed by atoms with Gasteiger partial charge in [-0.25, -0.2) is 0 Å². The molecule has 0 bridgehead atoms. The fraction of sp³-hybridized carbons (Fsp3) is 0.667. The summed E-state index contributed by atoms with van der Waals surface area (Å²) in [5.41, 5.74) is 1.18. The summed E-state index contributed by atoms with van der Waals surface area (Å²) in [6.45, 7) is 5.51. The predicted molar refractivity (Wildman–Crippen MR) is 75.4 cm³/mol. The van der Waals surface area contributed by atoms with Crippen molar-refractivity contribution in [3.05, 3.63) is 30.1 Å². The smallest absolute Gasteiger partial charge is 0.0543 e. The molecule has 3 heteroatoms. The standard InChI is InChI=1S/C15H25N3/c1-3-18(12-14-8-4-5-10-17-14)11-13-7-6-9-15(13)16-2/h4-5,8,10,13,15-16H,3,6-7,9,11-12H2,1-2H3. The second-order valence-electron chi connectivity index (χ2n) is 5.23. The lowest BCUT2D eigenvalue weighted by molar-refractivity contribution is 0.216. The molecule has 1 fully saturated rings. The van der Waals surface area contributed by atoms with Crippen molar-refractivity contribution in [2.75, 3.05) is 20.1 Å². The molecule has 1 heterocycles. The lowest BCUT2D eigenvalue weighted by atomic mass is 10.0. The predicted octanol–water partition coefficient (Wildman–Crippen LogP) is 2.29. The number of hydrogen-bond donors (Lipinski definition) is 1. The summed E-state index contributed by atoms with van der Waals surface area (Å²) in [5, 5.41) is 3.47. The van der Waals surface area contributed by atoms with Crippen LogP contribution < -0.4 is 5.32 Å². The lowest BCUT2D eigenvalue weighted by Gasteiger charge is -2.27. The Kier molecular flexibility index (Phi) is 5.14. The Morgan fingerprint density at radius 1 is 1.39 bits per heavy atom. The highest BCUT2D eigenvalue weighted by Gasteiger charge is 2.27. The first kappa shape index (κ1) is 13.5. The molecule has 1 saturated carbocycles. The average Bonchev–Trinajstić information content (AvgIpc) is 2.86. The van der Waals surface area contributed by atoms with Crippen molar-refractivity contribution in [3.8, 4) is 0 Å². The van der Waals surface area contributed by atoms with Crippen LogP contribution in [0.2, 0.25) is 0 Å². The minimum atomic E-state index is 0.711. The van der Waals surface area contributed by atoms with Crippen LogP contribution in [0.3, 0.4) is 0 Å². The SMILES string of the molecule is CCN(Cc1ccccn1)CC1CCCC1NC. The Hall–Kier alpha value is -0.930. The van der Waals surface area contributed by atoms with E-state index in [-0.39, 0.29) is 0 Å². The van der Waals surface area contributed by atoms with Crippen LogP contribution in [0, 0.1) is 5.92 Å². The van der Waals surface area contributed by atoms with E-state index in [1.54, 1.807) is 0 Å². The van der Waals surface area contributed by atoms with Gasteiger partial charge in [0.15, 0.2) is 0 Å². The zero-order chi connectivity index (χ0) is 12.8. The van der Waals surface area contributed by atoms with E-state index in [0.717, 1.165) is 19.0 Å². The first-order chi connectivity index (χ1) is 8.83. The number of pyridine rings is 1. The molecule has 1 aliphatic carbocycles. The van der Waals surface area contributed by atoms with Crippen molar-refractivity contribution in [3.63, 3.8) is 0 Å². The third-order valence-corrected chi connectivity index (χ3v) is 4.08. The van der Waals surface area contributed by atoms with E-state index in [4.69, 9.17) is 0 Å². The van der Waals surface area contributed by atoms with Crippen molar-refractivity contribution in [2.24, 2.45) is 5.92 Å². The molecule has 0 spiro atoms. The van der Waals surface area contributed by atoms with Crippen LogP contribution in [-0.2, 0) is 6.54 Å². The summed E-state index contributed by atoms with van der Waals surface area (Å²) in [6, 6.07) is 6.88. The first-order valence-corrected chi connectivity index (χ1v) is 7.13. The maximum absolute atomic E-state index is 4.42. The van der Waals surface area contributed by atoms with Gasteiger partial charge in [0.25, 0.3) is 0 Å². The number of nitrogens with zero attached hydrogens (tertiary/aromatic N) is 2. The quantitative estimate of drug-likeness (QED) is 0.836. The van der Waals surface area contributed by atoms with Crippen LogP contribution in [0.5, 0.6) is 0 Å². The maximum atomic E-state index is 4.42. The van der Waals surface area contributed by atoms with E-state index in [9.17, 15) is 0 Å². The van der Waals surface area contributed by atoms with Crippen molar-refractivity contribution < 1.29 is 0 Å². The molecule has 0 aromatic carbocycles. The Balaban J connectivity index is 1.89. The number of nitrogens with one attached hydrogen (secondary N) is 1. The van der Waals surface area contributed by atoms with Crippen LogP contribution in [0.15, 0.2) is 24.4 Å². The summed E-state index contributed by atoms with van der Waals surface area (Å²) in [6.07, 6.45) is 5.96. The molecule has 2 atom stereocenters. The van der Waals surface area contributed by atoms with Gasteiger partial charge in [-0.1, -0.05) is 19.4 Å².